The van der Waals surface area contributed by atoms with Crippen LogP contribution in [0.15, 0.2) is 11.9 Å². The summed E-state index contributed by atoms with van der Waals surface area (Å²) in [4.78, 5) is 34.5. The maximum absolute atomic E-state index is 11.9. The number of carbonyl (C=O) groups is 2. The molecule has 2 aromatic heterocycles. The van der Waals surface area contributed by atoms with Crippen LogP contribution in [0, 0.1) is 0 Å². The molecule has 1 aliphatic carbocycles. The first-order chi connectivity index (χ1) is 13.6. The van der Waals surface area contributed by atoms with Gasteiger partial charge in [0.05, 0.1) is 18.8 Å². The molecule has 5 rings (SSSR count). The van der Waals surface area contributed by atoms with E-state index in [2.05, 4.69) is 31.0 Å². The number of aliphatic hydroxyl groups is 1. The molecule has 11 heteroatoms. The zero-order valence-corrected chi connectivity index (χ0v) is 15.1. The highest BCUT2D eigenvalue weighted by molar-refractivity contribution is 6.14. The van der Waals surface area contributed by atoms with Crippen molar-refractivity contribution in [3.05, 3.63) is 17.5 Å². The standard InChI is InChI=1S/C17H20N8O3/c26-8-11-2-1-5-24(11)15-21-13-9(6-12-14(27)22-17(28)20-12)7-18-25(13)16(23-15)19-10-3-4-10/h6-7,10-11,26H,1-5,8H2,(H,19,21,23)(H2,20,22,27,28)/b12-6-/t11-/m1/s1. The Bertz CT molecular complexity index is 996. The summed E-state index contributed by atoms with van der Waals surface area (Å²) in [5, 5.41) is 22.1. The number of anilines is 2. The third-order valence-corrected chi connectivity index (χ3v) is 5.16. The molecular formula is C17H20N8O3. The van der Waals surface area contributed by atoms with Gasteiger partial charge in [0.1, 0.15) is 5.70 Å². The van der Waals surface area contributed by atoms with Gasteiger partial charge in [-0.25, -0.2) is 4.79 Å². The summed E-state index contributed by atoms with van der Waals surface area (Å²) in [5.41, 5.74) is 1.26. The van der Waals surface area contributed by atoms with Crippen molar-refractivity contribution in [2.75, 3.05) is 23.4 Å². The fourth-order valence-corrected chi connectivity index (χ4v) is 3.54. The SMILES string of the molecule is O=C1NC(=O)/C(=C/c2cnn3c(NC4CC4)nc(N4CCC[C@@H]4CO)nc23)N1. The summed E-state index contributed by atoms with van der Waals surface area (Å²) in [6, 6.07) is -0.202. The molecule has 0 radical (unpaired) electrons. The lowest BCUT2D eigenvalue weighted by molar-refractivity contribution is -0.115. The van der Waals surface area contributed by atoms with Gasteiger partial charge < -0.3 is 20.6 Å². The lowest BCUT2D eigenvalue weighted by Crippen LogP contribution is -2.34. The van der Waals surface area contributed by atoms with Gasteiger partial charge in [-0.1, -0.05) is 0 Å². The van der Waals surface area contributed by atoms with Crippen LogP contribution < -0.4 is 20.9 Å². The smallest absolute Gasteiger partial charge is 0.326 e. The first-order valence-corrected chi connectivity index (χ1v) is 9.36. The van der Waals surface area contributed by atoms with Crippen LogP contribution in [0.4, 0.5) is 16.7 Å². The Hall–Kier alpha value is -3.21. The van der Waals surface area contributed by atoms with Crippen molar-refractivity contribution in [1.82, 2.24) is 30.2 Å². The molecule has 2 aromatic rings. The van der Waals surface area contributed by atoms with E-state index in [-0.39, 0.29) is 18.3 Å². The van der Waals surface area contributed by atoms with E-state index < -0.39 is 11.9 Å². The van der Waals surface area contributed by atoms with Crippen molar-refractivity contribution in [1.29, 1.82) is 0 Å². The minimum Gasteiger partial charge on any atom is -0.394 e. The highest BCUT2D eigenvalue weighted by Crippen LogP contribution is 2.28. The second kappa shape index (κ2) is 6.44. The second-order valence-electron chi connectivity index (χ2n) is 7.24. The number of hydrogen-bond donors (Lipinski definition) is 4. The molecule has 4 heterocycles. The van der Waals surface area contributed by atoms with Gasteiger partial charge in [0.15, 0.2) is 5.65 Å². The Balaban J connectivity index is 1.60. The van der Waals surface area contributed by atoms with Crippen LogP contribution in [0.3, 0.4) is 0 Å². The number of urea groups is 1. The van der Waals surface area contributed by atoms with E-state index in [0.29, 0.717) is 29.1 Å². The molecule has 0 unspecified atom stereocenters. The molecule has 2 aliphatic heterocycles. The zero-order valence-electron chi connectivity index (χ0n) is 15.1. The first kappa shape index (κ1) is 16.9. The molecular weight excluding hydrogens is 364 g/mol. The summed E-state index contributed by atoms with van der Waals surface area (Å²) in [6.07, 6.45) is 7.15. The molecule has 28 heavy (non-hydrogen) atoms. The predicted molar refractivity (Wildman–Crippen MR) is 99.5 cm³/mol. The van der Waals surface area contributed by atoms with Crippen molar-refractivity contribution in [3.63, 3.8) is 0 Å². The Morgan fingerprint density at radius 2 is 2.11 bits per heavy atom. The minimum absolute atomic E-state index is 0.0131. The van der Waals surface area contributed by atoms with Crippen LogP contribution >= 0.6 is 0 Å². The quantitative estimate of drug-likeness (QED) is 0.412. The monoisotopic (exact) mass is 384 g/mol. The minimum atomic E-state index is -0.554. The molecule has 1 saturated carbocycles. The normalized spacial score (nSPS) is 23.5. The number of rotatable bonds is 5. The fourth-order valence-electron chi connectivity index (χ4n) is 3.54. The van der Waals surface area contributed by atoms with Crippen LogP contribution in [0.2, 0.25) is 0 Å². The molecule has 146 valence electrons. The third kappa shape index (κ3) is 2.93. The van der Waals surface area contributed by atoms with Gasteiger partial charge in [0.25, 0.3) is 5.91 Å². The van der Waals surface area contributed by atoms with Crippen LogP contribution in [-0.4, -0.2) is 61.9 Å². The van der Waals surface area contributed by atoms with Crippen molar-refractivity contribution in [3.8, 4) is 0 Å². The number of carbonyl (C=O) groups excluding carboxylic acids is 2. The maximum Gasteiger partial charge on any atom is 0.326 e. The van der Waals surface area contributed by atoms with Gasteiger partial charge in [0.2, 0.25) is 11.9 Å². The number of aliphatic hydroxyl groups excluding tert-OH is 1. The molecule has 3 fully saturated rings. The van der Waals surface area contributed by atoms with Gasteiger partial charge in [-0.05, 0) is 31.8 Å². The Labute approximate surface area is 159 Å². The average molecular weight is 384 g/mol. The summed E-state index contributed by atoms with van der Waals surface area (Å²) in [5.74, 6) is 0.609. The van der Waals surface area contributed by atoms with E-state index >= 15 is 0 Å². The molecule has 11 nitrogen and oxygen atoms in total. The predicted octanol–water partition coefficient (Wildman–Crippen LogP) is -0.160. The topological polar surface area (TPSA) is 137 Å². The average Bonchev–Trinajstić information content (AvgIpc) is 3.08. The highest BCUT2D eigenvalue weighted by atomic mass is 16.3. The molecule has 0 aromatic carbocycles. The van der Waals surface area contributed by atoms with Gasteiger partial charge >= 0.3 is 6.03 Å². The van der Waals surface area contributed by atoms with Crippen LogP contribution in [0.5, 0.6) is 0 Å². The number of imide groups is 1. The summed E-state index contributed by atoms with van der Waals surface area (Å²) >= 11 is 0. The van der Waals surface area contributed by atoms with Gasteiger partial charge in [-0.15, -0.1) is 0 Å². The van der Waals surface area contributed by atoms with Gasteiger partial charge in [-0.2, -0.15) is 19.6 Å². The fraction of sp³-hybridized carbons (Fsp3) is 0.471. The van der Waals surface area contributed by atoms with E-state index in [9.17, 15) is 14.7 Å². The third-order valence-electron chi connectivity index (χ3n) is 5.16. The van der Waals surface area contributed by atoms with Crippen molar-refractivity contribution < 1.29 is 14.7 Å². The largest absolute Gasteiger partial charge is 0.394 e. The van der Waals surface area contributed by atoms with Crippen molar-refractivity contribution >= 4 is 35.6 Å². The first-order valence-electron chi connectivity index (χ1n) is 9.36. The van der Waals surface area contributed by atoms with Crippen LogP contribution in [0.25, 0.3) is 11.7 Å². The Morgan fingerprint density at radius 3 is 2.82 bits per heavy atom. The van der Waals surface area contributed by atoms with Crippen molar-refractivity contribution in [2.45, 2.75) is 37.8 Å². The number of hydrogen-bond acceptors (Lipinski definition) is 8. The highest BCUT2D eigenvalue weighted by Gasteiger charge is 2.30. The lowest BCUT2D eigenvalue weighted by Gasteiger charge is -2.23. The Kier molecular flexibility index (Phi) is 3.90. The van der Waals surface area contributed by atoms with Crippen LogP contribution in [-0.2, 0) is 4.79 Å². The lowest BCUT2D eigenvalue weighted by atomic mass is 10.2. The summed E-state index contributed by atoms with van der Waals surface area (Å²) < 4.78 is 1.60. The number of nitrogens with one attached hydrogen (secondary N) is 3. The maximum atomic E-state index is 11.9. The zero-order chi connectivity index (χ0) is 19.3. The molecule has 3 amide bonds. The van der Waals surface area contributed by atoms with Gasteiger partial charge in [-0.3, -0.25) is 10.1 Å². The number of fused-ring (bicyclic) bond motifs is 1. The number of amides is 3. The molecule has 3 aliphatic rings. The number of nitrogens with zero attached hydrogens (tertiary/aromatic N) is 5. The van der Waals surface area contributed by atoms with E-state index in [1.165, 1.54) is 0 Å². The molecule has 0 spiro atoms. The van der Waals surface area contributed by atoms with Crippen molar-refractivity contribution in [2.24, 2.45) is 0 Å². The molecule has 0 bridgehead atoms. The van der Waals surface area contributed by atoms with Gasteiger partial charge in [0, 0.05) is 18.2 Å². The molecule has 2 saturated heterocycles. The van der Waals surface area contributed by atoms with Crippen LogP contribution in [0.1, 0.15) is 31.2 Å². The Morgan fingerprint density at radius 1 is 1.25 bits per heavy atom. The number of aromatic nitrogens is 4. The van der Waals surface area contributed by atoms with E-state index in [0.717, 1.165) is 32.2 Å². The van der Waals surface area contributed by atoms with E-state index in [4.69, 9.17) is 0 Å². The molecule has 1 atom stereocenters. The second-order valence-corrected chi connectivity index (χ2v) is 7.24. The summed E-state index contributed by atoms with van der Waals surface area (Å²) in [7, 11) is 0. The van der Waals surface area contributed by atoms with E-state index in [1.54, 1.807) is 16.8 Å². The summed E-state index contributed by atoms with van der Waals surface area (Å²) in [6.45, 7) is 0.815. The molecule has 4 N–H and O–H groups in total. The van der Waals surface area contributed by atoms with E-state index in [1.807, 2.05) is 4.90 Å².